The van der Waals surface area contributed by atoms with Crippen LogP contribution in [0.3, 0.4) is 0 Å². The van der Waals surface area contributed by atoms with E-state index in [9.17, 15) is 9.59 Å². The highest BCUT2D eigenvalue weighted by Crippen LogP contribution is 2.29. The van der Waals surface area contributed by atoms with Gasteiger partial charge in [0, 0.05) is 0 Å². The fourth-order valence-electron chi connectivity index (χ4n) is 1.71. The minimum Gasteiger partial charge on any atom is -0.496 e. The van der Waals surface area contributed by atoms with Crippen molar-refractivity contribution in [2.45, 2.75) is 33.1 Å². The normalized spacial score (nSPS) is 12.9. The number of methoxy groups -OCH3 is 1. The number of carbonyl (C=O) groups excluding carboxylic acids is 1. The number of hydrogen-bond acceptors (Lipinski definition) is 3. The third kappa shape index (κ3) is 3.34. The zero-order valence-electron chi connectivity index (χ0n) is 12.0. The van der Waals surface area contributed by atoms with Crippen LogP contribution in [0.5, 0.6) is 5.75 Å². The summed E-state index contributed by atoms with van der Waals surface area (Å²) in [6.07, 6.45) is 0. The number of hydrogen-bond donors (Lipinski definition) is 1. The van der Waals surface area contributed by atoms with Gasteiger partial charge in [-0.25, -0.2) is 0 Å². The number of benzene rings is 1. The van der Waals surface area contributed by atoms with Crippen LogP contribution in [-0.2, 0) is 10.2 Å². The maximum Gasteiger partial charge on any atom is 0.314 e. The molecule has 19 heavy (non-hydrogen) atoms. The second kappa shape index (κ2) is 5.43. The van der Waals surface area contributed by atoms with E-state index in [-0.39, 0.29) is 5.41 Å². The summed E-state index contributed by atoms with van der Waals surface area (Å²) in [7, 11) is 1.47. The number of ketones is 1. The van der Waals surface area contributed by atoms with E-state index in [0.29, 0.717) is 11.3 Å². The molecule has 0 fully saturated rings. The Morgan fingerprint density at radius 2 is 1.84 bits per heavy atom. The Morgan fingerprint density at radius 3 is 2.26 bits per heavy atom. The molecule has 1 unspecified atom stereocenters. The molecule has 0 saturated heterocycles. The Bertz CT molecular complexity index is 497. The number of rotatable bonds is 4. The molecule has 0 aliphatic carbocycles. The molecule has 0 bridgehead atoms. The van der Waals surface area contributed by atoms with Crippen molar-refractivity contribution in [1.29, 1.82) is 0 Å². The van der Waals surface area contributed by atoms with E-state index in [2.05, 4.69) is 0 Å². The summed E-state index contributed by atoms with van der Waals surface area (Å²) >= 11 is 0. The zero-order valence-corrected chi connectivity index (χ0v) is 12.0. The largest absolute Gasteiger partial charge is 0.496 e. The van der Waals surface area contributed by atoms with Crippen LogP contribution in [-0.4, -0.2) is 24.0 Å². The van der Waals surface area contributed by atoms with Crippen molar-refractivity contribution in [1.82, 2.24) is 0 Å². The molecule has 1 N–H and O–H groups in total. The van der Waals surface area contributed by atoms with E-state index in [4.69, 9.17) is 9.84 Å². The smallest absolute Gasteiger partial charge is 0.314 e. The van der Waals surface area contributed by atoms with Gasteiger partial charge in [-0.1, -0.05) is 26.8 Å². The fraction of sp³-hybridized carbons (Fsp3) is 0.467. The van der Waals surface area contributed by atoms with Gasteiger partial charge in [0.15, 0.2) is 5.78 Å². The summed E-state index contributed by atoms with van der Waals surface area (Å²) in [5.74, 6) is -2.24. The molecule has 104 valence electrons. The number of Topliss-reactive ketones (excluding diaryl/α,β-unsaturated/α-hetero) is 1. The molecule has 0 radical (unpaired) electrons. The Kier molecular flexibility index (Phi) is 4.35. The van der Waals surface area contributed by atoms with Crippen LogP contribution < -0.4 is 4.74 Å². The first-order valence-electron chi connectivity index (χ1n) is 6.14. The highest BCUT2D eigenvalue weighted by Gasteiger charge is 2.26. The molecule has 4 nitrogen and oxygen atoms in total. The second-order valence-corrected chi connectivity index (χ2v) is 5.59. The number of carbonyl (C=O) groups is 2. The topological polar surface area (TPSA) is 63.6 Å². The van der Waals surface area contributed by atoms with Crippen LogP contribution in [0.4, 0.5) is 0 Å². The summed E-state index contributed by atoms with van der Waals surface area (Å²) in [6, 6.07) is 5.32. The number of ether oxygens (including phenoxy) is 1. The van der Waals surface area contributed by atoms with Crippen molar-refractivity contribution < 1.29 is 19.4 Å². The molecule has 0 spiro atoms. The first kappa shape index (κ1) is 15.2. The van der Waals surface area contributed by atoms with Crippen LogP contribution in [0.1, 0.15) is 43.6 Å². The van der Waals surface area contributed by atoms with Gasteiger partial charge in [0.25, 0.3) is 0 Å². The first-order valence-corrected chi connectivity index (χ1v) is 6.14. The van der Waals surface area contributed by atoms with E-state index < -0.39 is 17.7 Å². The molecule has 1 aromatic carbocycles. The average Bonchev–Trinajstić information content (AvgIpc) is 2.34. The minimum absolute atomic E-state index is 0.117. The maximum absolute atomic E-state index is 12.2. The lowest BCUT2D eigenvalue weighted by molar-refractivity contribution is -0.139. The van der Waals surface area contributed by atoms with Gasteiger partial charge in [-0.3, -0.25) is 9.59 Å². The molecule has 0 aromatic heterocycles. The monoisotopic (exact) mass is 264 g/mol. The fourth-order valence-corrected chi connectivity index (χ4v) is 1.71. The molecule has 0 heterocycles. The molecular formula is C15H20O4. The molecule has 0 amide bonds. The van der Waals surface area contributed by atoms with E-state index >= 15 is 0 Å². The van der Waals surface area contributed by atoms with Gasteiger partial charge in [0.1, 0.15) is 11.7 Å². The summed E-state index contributed by atoms with van der Waals surface area (Å²) in [5, 5.41) is 8.94. The van der Waals surface area contributed by atoms with Gasteiger partial charge in [-0.15, -0.1) is 0 Å². The summed E-state index contributed by atoms with van der Waals surface area (Å²) in [6.45, 7) is 7.48. The van der Waals surface area contributed by atoms with E-state index in [0.717, 1.165) is 5.56 Å². The van der Waals surface area contributed by atoms with Crippen LogP contribution >= 0.6 is 0 Å². The molecule has 1 rings (SSSR count). The van der Waals surface area contributed by atoms with Crippen molar-refractivity contribution in [3.63, 3.8) is 0 Å². The van der Waals surface area contributed by atoms with Crippen molar-refractivity contribution >= 4 is 11.8 Å². The third-order valence-electron chi connectivity index (χ3n) is 3.09. The number of carboxylic acids is 1. The zero-order chi connectivity index (χ0) is 14.8. The van der Waals surface area contributed by atoms with Gasteiger partial charge in [-0.2, -0.15) is 0 Å². The van der Waals surface area contributed by atoms with E-state index in [1.54, 1.807) is 12.1 Å². The summed E-state index contributed by atoms with van der Waals surface area (Å²) in [5.41, 5.74) is 1.17. The summed E-state index contributed by atoms with van der Waals surface area (Å²) in [4.78, 5) is 23.1. The third-order valence-corrected chi connectivity index (χ3v) is 3.09. The number of aliphatic carboxylic acids is 1. The van der Waals surface area contributed by atoms with Crippen LogP contribution in [0.2, 0.25) is 0 Å². The Balaban J connectivity index is 3.31. The van der Waals surface area contributed by atoms with Crippen molar-refractivity contribution in [3.8, 4) is 5.75 Å². The predicted molar refractivity (Wildman–Crippen MR) is 72.8 cm³/mol. The van der Waals surface area contributed by atoms with Gasteiger partial charge in [0.2, 0.25) is 0 Å². The maximum atomic E-state index is 12.2. The minimum atomic E-state index is -1.13. The first-order chi connectivity index (χ1) is 8.68. The van der Waals surface area contributed by atoms with Crippen molar-refractivity contribution in [3.05, 3.63) is 29.3 Å². The molecular weight excluding hydrogens is 244 g/mol. The predicted octanol–water partition coefficient (Wildman–Crippen LogP) is 2.90. The molecule has 0 aliphatic heterocycles. The lowest BCUT2D eigenvalue weighted by Gasteiger charge is -2.21. The molecule has 1 aromatic rings. The summed E-state index contributed by atoms with van der Waals surface area (Å²) < 4.78 is 5.15. The highest BCUT2D eigenvalue weighted by atomic mass is 16.5. The SMILES string of the molecule is COc1ccc(C(C)(C)C)cc1C(=O)C(C)C(=O)O. The Hall–Kier alpha value is -1.84. The van der Waals surface area contributed by atoms with Gasteiger partial charge < -0.3 is 9.84 Å². The second-order valence-electron chi connectivity index (χ2n) is 5.59. The standard InChI is InChI=1S/C15H20O4/c1-9(14(17)18)13(16)11-8-10(15(2,3)4)6-7-12(11)19-5/h6-9H,1-5H3,(H,17,18). The Labute approximate surface area is 113 Å². The van der Waals surface area contributed by atoms with Crippen molar-refractivity contribution in [2.75, 3.05) is 7.11 Å². The van der Waals surface area contributed by atoms with Gasteiger partial charge in [0.05, 0.1) is 12.7 Å². The van der Waals surface area contributed by atoms with Crippen LogP contribution in [0, 0.1) is 5.92 Å². The molecule has 1 atom stereocenters. The molecule has 4 heteroatoms. The number of carboxylic acid groups (broad SMARTS) is 1. The lowest BCUT2D eigenvalue weighted by Crippen LogP contribution is -2.22. The van der Waals surface area contributed by atoms with E-state index in [1.807, 2.05) is 26.8 Å². The van der Waals surface area contributed by atoms with Gasteiger partial charge in [-0.05, 0) is 30.0 Å². The van der Waals surface area contributed by atoms with Crippen LogP contribution in [0.15, 0.2) is 18.2 Å². The van der Waals surface area contributed by atoms with Gasteiger partial charge >= 0.3 is 5.97 Å². The highest BCUT2D eigenvalue weighted by molar-refractivity contribution is 6.09. The van der Waals surface area contributed by atoms with Crippen LogP contribution in [0.25, 0.3) is 0 Å². The lowest BCUT2D eigenvalue weighted by atomic mass is 9.84. The quantitative estimate of drug-likeness (QED) is 0.671. The Morgan fingerprint density at radius 1 is 1.26 bits per heavy atom. The van der Waals surface area contributed by atoms with Crippen molar-refractivity contribution in [2.24, 2.45) is 5.92 Å². The van der Waals surface area contributed by atoms with E-state index in [1.165, 1.54) is 14.0 Å². The molecule has 0 saturated carbocycles. The molecule has 0 aliphatic rings. The average molecular weight is 264 g/mol.